The third kappa shape index (κ3) is 4.49. The number of nitrogens with zero attached hydrogens (tertiary/aromatic N) is 1. The molecule has 0 aliphatic heterocycles. The number of nitrogen functional groups attached to an aromatic ring is 1. The van der Waals surface area contributed by atoms with Gasteiger partial charge in [0.05, 0.1) is 0 Å². The van der Waals surface area contributed by atoms with E-state index in [1.54, 1.807) is 11.3 Å². The SMILES string of the molecule is CC.CC.CCc1ccc(-c2cccs2)c(N)n1. The van der Waals surface area contributed by atoms with Gasteiger partial charge in [0.15, 0.2) is 0 Å². The molecule has 18 heavy (non-hydrogen) atoms. The predicted molar refractivity (Wildman–Crippen MR) is 84.0 cm³/mol. The van der Waals surface area contributed by atoms with Gasteiger partial charge in [0.2, 0.25) is 0 Å². The third-order valence-electron chi connectivity index (χ3n) is 2.13. The monoisotopic (exact) mass is 264 g/mol. The molecule has 100 valence electrons. The number of anilines is 1. The molecule has 0 unspecified atom stereocenters. The van der Waals surface area contributed by atoms with Crippen LogP contribution in [0, 0.1) is 0 Å². The van der Waals surface area contributed by atoms with Gasteiger partial charge in [-0.3, -0.25) is 0 Å². The van der Waals surface area contributed by atoms with E-state index >= 15 is 0 Å². The van der Waals surface area contributed by atoms with Crippen molar-refractivity contribution in [2.75, 3.05) is 5.73 Å². The molecule has 2 rings (SSSR count). The number of rotatable bonds is 2. The number of aryl methyl sites for hydroxylation is 1. The van der Waals surface area contributed by atoms with Gasteiger partial charge in [-0.2, -0.15) is 0 Å². The van der Waals surface area contributed by atoms with E-state index in [2.05, 4.69) is 18.0 Å². The Labute approximate surface area is 115 Å². The van der Waals surface area contributed by atoms with Gasteiger partial charge in [0.25, 0.3) is 0 Å². The Morgan fingerprint density at radius 3 is 2.22 bits per heavy atom. The molecule has 0 radical (unpaired) electrons. The van der Waals surface area contributed by atoms with E-state index in [1.807, 2.05) is 51.3 Å². The molecule has 0 atom stereocenters. The highest BCUT2D eigenvalue weighted by atomic mass is 32.1. The van der Waals surface area contributed by atoms with Crippen molar-refractivity contribution in [1.82, 2.24) is 4.98 Å². The molecule has 0 fully saturated rings. The highest BCUT2D eigenvalue weighted by Crippen LogP contribution is 2.28. The summed E-state index contributed by atoms with van der Waals surface area (Å²) in [6.45, 7) is 10.1. The van der Waals surface area contributed by atoms with Crippen molar-refractivity contribution in [3.8, 4) is 10.4 Å². The zero-order valence-electron chi connectivity index (χ0n) is 12.0. The maximum Gasteiger partial charge on any atom is 0.132 e. The minimum Gasteiger partial charge on any atom is -0.383 e. The minimum absolute atomic E-state index is 0.631. The van der Waals surface area contributed by atoms with E-state index in [0.29, 0.717) is 5.82 Å². The topological polar surface area (TPSA) is 38.9 Å². The average Bonchev–Trinajstić information content (AvgIpc) is 2.97. The van der Waals surface area contributed by atoms with Crippen LogP contribution >= 0.6 is 11.3 Å². The van der Waals surface area contributed by atoms with Gasteiger partial charge in [0.1, 0.15) is 5.82 Å². The fraction of sp³-hybridized carbons (Fsp3) is 0.400. The van der Waals surface area contributed by atoms with Crippen LogP contribution in [0.1, 0.15) is 40.3 Å². The van der Waals surface area contributed by atoms with Crippen molar-refractivity contribution in [2.24, 2.45) is 0 Å². The van der Waals surface area contributed by atoms with Crippen LogP contribution in [-0.4, -0.2) is 4.98 Å². The number of hydrogen-bond acceptors (Lipinski definition) is 3. The van der Waals surface area contributed by atoms with Crippen molar-refractivity contribution in [3.05, 3.63) is 35.3 Å². The minimum atomic E-state index is 0.631. The van der Waals surface area contributed by atoms with E-state index in [1.165, 1.54) is 4.88 Å². The highest BCUT2D eigenvalue weighted by Gasteiger charge is 2.04. The summed E-state index contributed by atoms with van der Waals surface area (Å²) in [5.74, 6) is 0.631. The lowest BCUT2D eigenvalue weighted by Gasteiger charge is -2.03. The Bertz CT molecular complexity index is 422. The number of thiophene rings is 1. The maximum atomic E-state index is 5.88. The summed E-state index contributed by atoms with van der Waals surface area (Å²) in [5.41, 5.74) is 7.97. The molecule has 2 N–H and O–H groups in total. The van der Waals surface area contributed by atoms with Crippen LogP contribution in [0.2, 0.25) is 0 Å². The molecule has 2 aromatic rings. The molecule has 2 heterocycles. The lowest BCUT2D eigenvalue weighted by molar-refractivity contribution is 1.04. The second-order valence-electron chi connectivity index (χ2n) is 3.07. The molecule has 0 saturated carbocycles. The summed E-state index contributed by atoms with van der Waals surface area (Å²) in [6.07, 6.45) is 0.926. The van der Waals surface area contributed by atoms with Crippen LogP contribution in [0.25, 0.3) is 10.4 Å². The molecular formula is C15H24N2S. The van der Waals surface area contributed by atoms with Crippen molar-refractivity contribution in [1.29, 1.82) is 0 Å². The second-order valence-corrected chi connectivity index (χ2v) is 4.01. The number of nitrogens with two attached hydrogens (primary N) is 1. The first-order valence-corrected chi connectivity index (χ1v) is 7.48. The zero-order chi connectivity index (χ0) is 14.0. The van der Waals surface area contributed by atoms with Crippen LogP contribution < -0.4 is 5.73 Å². The molecule has 0 saturated heterocycles. The fourth-order valence-corrected chi connectivity index (χ4v) is 2.11. The van der Waals surface area contributed by atoms with E-state index in [-0.39, 0.29) is 0 Å². The second kappa shape index (κ2) is 9.66. The average molecular weight is 264 g/mol. The van der Waals surface area contributed by atoms with Crippen LogP contribution in [0.5, 0.6) is 0 Å². The van der Waals surface area contributed by atoms with Crippen LogP contribution in [0.4, 0.5) is 5.82 Å². The van der Waals surface area contributed by atoms with Crippen molar-refractivity contribution in [3.63, 3.8) is 0 Å². The van der Waals surface area contributed by atoms with Crippen molar-refractivity contribution >= 4 is 17.2 Å². The molecule has 0 aromatic carbocycles. The Kier molecular flexibility index (Phi) is 8.93. The summed E-state index contributed by atoms with van der Waals surface area (Å²) in [5, 5.41) is 2.04. The first kappa shape index (κ1) is 16.6. The van der Waals surface area contributed by atoms with Crippen LogP contribution in [0.15, 0.2) is 29.6 Å². The zero-order valence-corrected chi connectivity index (χ0v) is 12.8. The molecule has 2 nitrogen and oxygen atoms in total. The van der Waals surface area contributed by atoms with Gasteiger partial charge < -0.3 is 5.73 Å². The Hall–Kier alpha value is -1.35. The summed E-state index contributed by atoms with van der Waals surface area (Å²) in [6, 6.07) is 8.16. The third-order valence-corrected chi connectivity index (χ3v) is 3.03. The summed E-state index contributed by atoms with van der Waals surface area (Å²) in [4.78, 5) is 5.51. The Balaban J connectivity index is 0.000000659. The van der Waals surface area contributed by atoms with Gasteiger partial charge >= 0.3 is 0 Å². The quantitative estimate of drug-likeness (QED) is 0.828. The van der Waals surface area contributed by atoms with Crippen molar-refractivity contribution < 1.29 is 0 Å². The Morgan fingerprint density at radius 2 is 1.78 bits per heavy atom. The van der Waals surface area contributed by atoms with Crippen molar-refractivity contribution in [2.45, 2.75) is 41.0 Å². The predicted octanol–water partition coefficient (Wildman–Crippen LogP) is 5.01. The van der Waals surface area contributed by atoms with Crippen LogP contribution in [0.3, 0.4) is 0 Å². The standard InChI is InChI=1S/C11H12N2S.2C2H6/c1-2-8-5-6-9(11(12)13-8)10-4-3-7-14-10;2*1-2/h3-7H,2H2,1H3,(H2,12,13);2*1-2H3. The van der Waals surface area contributed by atoms with E-state index < -0.39 is 0 Å². The van der Waals surface area contributed by atoms with Crippen LogP contribution in [-0.2, 0) is 6.42 Å². The molecule has 0 aliphatic rings. The Morgan fingerprint density at radius 1 is 1.11 bits per heavy atom. The lowest BCUT2D eigenvalue weighted by Crippen LogP contribution is -1.96. The van der Waals surface area contributed by atoms with Gasteiger partial charge in [0, 0.05) is 16.1 Å². The van der Waals surface area contributed by atoms with Gasteiger partial charge in [-0.05, 0) is 30.0 Å². The molecule has 2 aromatic heterocycles. The van der Waals surface area contributed by atoms with E-state index in [4.69, 9.17) is 5.73 Å². The molecule has 0 amide bonds. The van der Waals surface area contributed by atoms with Gasteiger partial charge in [-0.25, -0.2) is 4.98 Å². The molecular weight excluding hydrogens is 240 g/mol. The first-order chi connectivity index (χ1) is 8.81. The molecule has 3 heteroatoms. The van der Waals surface area contributed by atoms with E-state index in [0.717, 1.165) is 17.7 Å². The van der Waals surface area contributed by atoms with Gasteiger partial charge in [-0.15, -0.1) is 11.3 Å². The van der Waals surface area contributed by atoms with E-state index in [9.17, 15) is 0 Å². The summed E-state index contributed by atoms with van der Waals surface area (Å²) in [7, 11) is 0. The normalized spacial score (nSPS) is 8.72. The smallest absolute Gasteiger partial charge is 0.132 e. The first-order valence-electron chi connectivity index (χ1n) is 6.60. The molecule has 0 bridgehead atoms. The molecule has 0 spiro atoms. The summed E-state index contributed by atoms with van der Waals surface area (Å²) >= 11 is 1.68. The largest absolute Gasteiger partial charge is 0.383 e. The molecule has 0 aliphatic carbocycles. The summed E-state index contributed by atoms with van der Waals surface area (Å²) < 4.78 is 0. The number of pyridine rings is 1. The highest BCUT2D eigenvalue weighted by molar-refractivity contribution is 7.13. The number of aromatic nitrogens is 1. The fourth-order valence-electron chi connectivity index (χ4n) is 1.35. The number of hydrogen-bond donors (Lipinski definition) is 1. The maximum absolute atomic E-state index is 5.88. The van der Waals surface area contributed by atoms with Gasteiger partial charge in [-0.1, -0.05) is 40.7 Å². The lowest BCUT2D eigenvalue weighted by atomic mass is 10.2.